The zero-order valence-electron chi connectivity index (χ0n) is 10.4. The number of primary amides is 1. The van der Waals surface area contributed by atoms with Crippen molar-refractivity contribution in [3.8, 4) is 0 Å². The van der Waals surface area contributed by atoms with E-state index in [0.29, 0.717) is 0 Å². The summed E-state index contributed by atoms with van der Waals surface area (Å²) in [4.78, 5) is 11.6. The summed E-state index contributed by atoms with van der Waals surface area (Å²) >= 11 is 0. The molecular formula is C12H24N2O2. The maximum absolute atomic E-state index is 11.6. The normalized spacial score (nSPS) is 30.2. The highest BCUT2D eigenvalue weighted by atomic mass is 16.5. The number of carbonyl (C=O) groups is 1. The summed E-state index contributed by atoms with van der Waals surface area (Å²) in [6.07, 6.45) is 4.80. The molecule has 4 nitrogen and oxygen atoms in total. The minimum Gasteiger partial charge on any atom is -0.378 e. The van der Waals surface area contributed by atoms with Crippen molar-refractivity contribution in [2.75, 3.05) is 13.2 Å². The molecule has 1 aliphatic rings. The molecule has 2 atom stereocenters. The molecule has 16 heavy (non-hydrogen) atoms. The van der Waals surface area contributed by atoms with E-state index >= 15 is 0 Å². The summed E-state index contributed by atoms with van der Waals surface area (Å²) in [5.74, 6) is -0.237. The van der Waals surface area contributed by atoms with Gasteiger partial charge in [-0.1, -0.05) is 13.8 Å². The molecule has 0 saturated heterocycles. The molecule has 0 aliphatic heterocycles. The zero-order chi connectivity index (χ0) is 12.0. The van der Waals surface area contributed by atoms with E-state index in [4.69, 9.17) is 10.5 Å². The molecule has 0 radical (unpaired) electrons. The quantitative estimate of drug-likeness (QED) is 0.717. The first-order valence-corrected chi connectivity index (χ1v) is 6.31. The average molecular weight is 228 g/mol. The number of nitrogens with one attached hydrogen (secondary N) is 1. The van der Waals surface area contributed by atoms with E-state index in [-0.39, 0.29) is 12.0 Å². The van der Waals surface area contributed by atoms with Crippen LogP contribution in [-0.2, 0) is 9.53 Å². The number of amides is 1. The van der Waals surface area contributed by atoms with Gasteiger partial charge in [0.05, 0.1) is 6.10 Å². The smallest absolute Gasteiger partial charge is 0.237 e. The van der Waals surface area contributed by atoms with Crippen LogP contribution in [0.4, 0.5) is 0 Å². The summed E-state index contributed by atoms with van der Waals surface area (Å²) in [5.41, 5.74) is 4.99. The van der Waals surface area contributed by atoms with Crippen LogP contribution in [0.5, 0.6) is 0 Å². The summed E-state index contributed by atoms with van der Waals surface area (Å²) in [7, 11) is 0. The lowest BCUT2D eigenvalue weighted by Gasteiger charge is -2.39. The maximum Gasteiger partial charge on any atom is 0.237 e. The monoisotopic (exact) mass is 228 g/mol. The van der Waals surface area contributed by atoms with Crippen LogP contribution in [0.1, 0.15) is 46.0 Å². The lowest BCUT2D eigenvalue weighted by Crippen LogP contribution is -2.58. The van der Waals surface area contributed by atoms with Crippen molar-refractivity contribution in [2.45, 2.75) is 57.6 Å². The van der Waals surface area contributed by atoms with Gasteiger partial charge < -0.3 is 15.8 Å². The zero-order valence-corrected chi connectivity index (χ0v) is 10.4. The van der Waals surface area contributed by atoms with E-state index in [2.05, 4.69) is 12.2 Å². The van der Waals surface area contributed by atoms with Crippen molar-refractivity contribution in [1.29, 1.82) is 0 Å². The summed E-state index contributed by atoms with van der Waals surface area (Å²) < 4.78 is 5.74. The predicted molar refractivity (Wildman–Crippen MR) is 64.1 cm³/mol. The largest absolute Gasteiger partial charge is 0.378 e. The molecule has 94 valence electrons. The van der Waals surface area contributed by atoms with Crippen molar-refractivity contribution in [3.05, 3.63) is 0 Å². The Morgan fingerprint density at radius 1 is 1.56 bits per heavy atom. The van der Waals surface area contributed by atoms with Crippen molar-refractivity contribution in [1.82, 2.24) is 5.32 Å². The lowest BCUT2D eigenvalue weighted by atomic mass is 9.79. The highest BCUT2D eigenvalue weighted by Crippen LogP contribution is 2.30. The molecule has 0 heterocycles. The van der Waals surface area contributed by atoms with Crippen LogP contribution in [0.2, 0.25) is 0 Å². The Morgan fingerprint density at radius 2 is 2.31 bits per heavy atom. The van der Waals surface area contributed by atoms with Crippen LogP contribution >= 0.6 is 0 Å². The molecule has 0 bridgehead atoms. The standard InChI is InChI=1S/C12H24N2O2/c1-3-8-16-10-6-5-7-12(9-10,11(13)15)14-4-2/h10,14H,3-9H2,1-2H3,(H2,13,15). The first-order chi connectivity index (χ1) is 7.64. The predicted octanol–water partition coefficient (Wildman–Crippen LogP) is 1.19. The van der Waals surface area contributed by atoms with Gasteiger partial charge in [-0.3, -0.25) is 4.79 Å². The highest BCUT2D eigenvalue weighted by Gasteiger charge is 2.40. The van der Waals surface area contributed by atoms with Gasteiger partial charge in [-0.05, 0) is 32.2 Å². The third kappa shape index (κ3) is 3.19. The SMILES string of the molecule is CCCOC1CCCC(NCC)(C(N)=O)C1. The van der Waals surface area contributed by atoms with Gasteiger partial charge in [0.15, 0.2) is 0 Å². The number of likely N-dealkylation sites (N-methyl/N-ethyl adjacent to an activating group) is 1. The van der Waals surface area contributed by atoms with Gasteiger partial charge in [-0.25, -0.2) is 0 Å². The van der Waals surface area contributed by atoms with Crippen LogP contribution in [-0.4, -0.2) is 30.7 Å². The molecule has 4 heteroatoms. The molecule has 1 amide bonds. The average Bonchev–Trinajstić information content (AvgIpc) is 2.27. The van der Waals surface area contributed by atoms with Gasteiger partial charge >= 0.3 is 0 Å². The van der Waals surface area contributed by atoms with Crippen molar-refractivity contribution in [3.63, 3.8) is 0 Å². The third-order valence-corrected chi connectivity index (χ3v) is 3.25. The summed E-state index contributed by atoms with van der Waals surface area (Å²) in [6, 6.07) is 0. The first kappa shape index (κ1) is 13.5. The Hall–Kier alpha value is -0.610. The van der Waals surface area contributed by atoms with E-state index < -0.39 is 5.54 Å². The van der Waals surface area contributed by atoms with E-state index in [0.717, 1.165) is 45.3 Å². The molecule has 1 fully saturated rings. The molecule has 1 aliphatic carbocycles. The Kier molecular flexibility index (Phi) is 5.22. The second-order valence-electron chi connectivity index (χ2n) is 4.57. The molecule has 1 saturated carbocycles. The van der Waals surface area contributed by atoms with Crippen molar-refractivity contribution >= 4 is 5.91 Å². The second-order valence-corrected chi connectivity index (χ2v) is 4.57. The molecule has 3 N–H and O–H groups in total. The Bertz CT molecular complexity index is 229. The molecular weight excluding hydrogens is 204 g/mol. The van der Waals surface area contributed by atoms with Gasteiger partial charge in [0.1, 0.15) is 5.54 Å². The van der Waals surface area contributed by atoms with Crippen LogP contribution in [0.15, 0.2) is 0 Å². The Labute approximate surface area is 97.9 Å². The lowest BCUT2D eigenvalue weighted by molar-refractivity contribution is -0.128. The van der Waals surface area contributed by atoms with Crippen molar-refractivity contribution < 1.29 is 9.53 Å². The second kappa shape index (κ2) is 6.21. The Morgan fingerprint density at radius 3 is 2.88 bits per heavy atom. The summed E-state index contributed by atoms with van der Waals surface area (Å²) in [5, 5.41) is 3.25. The van der Waals surface area contributed by atoms with E-state index in [1.54, 1.807) is 0 Å². The van der Waals surface area contributed by atoms with Gasteiger partial charge in [0, 0.05) is 13.0 Å². The molecule has 0 aromatic rings. The first-order valence-electron chi connectivity index (χ1n) is 6.31. The maximum atomic E-state index is 11.6. The number of nitrogens with two attached hydrogens (primary N) is 1. The number of rotatable bonds is 6. The van der Waals surface area contributed by atoms with Gasteiger partial charge in [0.2, 0.25) is 5.91 Å². The highest BCUT2D eigenvalue weighted by molar-refractivity contribution is 5.84. The van der Waals surface area contributed by atoms with Crippen molar-refractivity contribution in [2.24, 2.45) is 5.73 Å². The number of ether oxygens (including phenoxy) is 1. The minimum atomic E-state index is -0.536. The topological polar surface area (TPSA) is 64.3 Å². The fraction of sp³-hybridized carbons (Fsp3) is 0.917. The number of hydrogen-bond donors (Lipinski definition) is 2. The van der Waals surface area contributed by atoms with Gasteiger partial charge in [-0.15, -0.1) is 0 Å². The van der Waals surface area contributed by atoms with Gasteiger partial charge in [0.25, 0.3) is 0 Å². The number of carbonyl (C=O) groups excluding carboxylic acids is 1. The Balaban J connectivity index is 2.60. The van der Waals surface area contributed by atoms with E-state index in [9.17, 15) is 4.79 Å². The summed E-state index contributed by atoms with van der Waals surface area (Å²) in [6.45, 7) is 5.63. The van der Waals surface area contributed by atoms with E-state index in [1.165, 1.54) is 0 Å². The molecule has 0 spiro atoms. The molecule has 1 rings (SSSR count). The van der Waals surface area contributed by atoms with Crippen LogP contribution in [0.3, 0.4) is 0 Å². The van der Waals surface area contributed by atoms with E-state index in [1.807, 2.05) is 6.92 Å². The molecule has 0 aromatic carbocycles. The molecule has 0 aromatic heterocycles. The minimum absolute atomic E-state index is 0.181. The van der Waals surface area contributed by atoms with Crippen LogP contribution in [0.25, 0.3) is 0 Å². The number of hydrogen-bond acceptors (Lipinski definition) is 3. The van der Waals surface area contributed by atoms with Gasteiger partial charge in [-0.2, -0.15) is 0 Å². The van der Waals surface area contributed by atoms with Crippen LogP contribution < -0.4 is 11.1 Å². The molecule has 2 unspecified atom stereocenters. The third-order valence-electron chi connectivity index (χ3n) is 3.25. The fourth-order valence-electron chi connectivity index (χ4n) is 2.46. The van der Waals surface area contributed by atoms with Crippen LogP contribution in [0, 0.1) is 0 Å². The fourth-order valence-corrected chi connectivity index (χ4v) is 2.46.